The number of aryl methyl sites for hydroxylation is 1. The van der Waals surface area contributed by atoms with E-state index in [-0.39, 0.29) is 11.5 Å². The number of hydrogen-bond donors (Lipinski definition) is 0. The van der Waals surface area contributed by atoms with Gasteiger partial charge in [-0.3, -0.25) is 9.59 Å². The van der Waals surface area contributed by atoms with Gasteiger partial charge in [0, 0.05) is 22.8 Å². The summed E-state index contributed by atoms with van der Waals surface area (Å²) < 4.78 is 0. The lowest BCUT2D eigenvalue weighted by Crippen LogP contribution is -2.35. The smallest absolute Gasteiger partial charge is 0.282 e. The van der Waals surface area contributed by atoms with Crippen LogP contribution in [0.1, 0.15) is 18.1 Å². The monoisotopic (exact) mass is 450 g/mol. The van der Waals surface area contributed by atoms with Crippen molar-refractivity contribution in [3.63, 3.8) is 0 Å². The number of anilines is 2. The van der Waals surface area contributed by atoms with Gasteiger partial charge >= 0.3 is 0 Å². The summed E-state index contributed by atoms with van der Waals surface area (Å²) >= 11 is 12.6. The van der Waals surface area contributed by atoms with Gasteiger partial charge in [-0.15, -0.1) is 0 Å². The van der Waals surface area contributed by atoms with E-state index in [2.05, 4.69) is 0 Å². The van der Waals surface area contributed by atoms with Crippen molar-refractivity contribution in [3.8, 4) is 0 Å². The van der Waals surface area contributed by atoms with Gasteiger partial charge in [0.15, 0.2) is 0 Å². The molecule has 4 rings (SSSR count). The van der Waals surface area contributed by atoms with E-state index in [1.54, 1.807) is 24.3 Å². The highest BCUT2D eigenvalue weighted by Crippen LogP contribution is 2.40. The molecule has 0 saturated heterocycles. The normalized spacial score (nSPS) is 13.9. The predicted octanol–water partition coefficient (Wildman–Crippen LogP) is 6.11. The first kappa shape index (κ1) is 21.2. The second-order valence-corrected chi connectivity index (χ2v) is 8.00. The van der Waals surface area contributed by atoms with E-state index in [0.29, 0.717) is 33.5 Å². The number of amides is 2. The summed E-state index contributed by atoms with van der Waals surface area (Å²) in [4.78, 5) is 30.5. The van der Waals surface area contributed by atoms with E-state index in [1.165, 1.54) is 4.90 Å². The van der Waals surface area contributed by atoms with E-state index < -0.39 is 5.91 Å². The Morgan fingerprint density at radius 2 is 1.55 bits per heavy atom. The minimum absolute atomic E-state index is 0.264. The molecule has 31 heavy (non-hydrogen) atoms. The van der Waals surface area contributed by atoms with Gasteiger partial charge < -0.3 is 4.90 Å². The minimum Gasteiger partial charge on any atom is -0.337 e. The maximum Gasteiger partial charge on any atom is 0.282 e. The van der Waals surface area contributed by atoms with Crippen LogP contribution in [0, 0.1) is 6.92 Å². The Morgan fingerprint density at radius 1 is 0.871 bits per heavy atom. The zero-order chi connectivity index (χ0) is 22.1. The third-order valence-corrected chi connectivity index (χ3v) is 5.82. The highest BCUT2D eigenvalue weighted by molar-refractivity contribution is 6.48. The molecule has 0 radical (unpaired) electrons. The van der Waals surface area contributed by atoms with E-state index in [4.69, 9.17) is 23.2 Å². The molecule has 3 aromatic rings. The van der Waals surface area contributed by atoms with Gasteiger partial charge in [-0.1, -0.05) is 65.7 Å². The zero-order valence-electron chi connectivity index (χ0n) is 17.1. The van der Waals surface area contributed by atoms with Crippen molar-refractivity contribution in [1.82, 2.24) is 0 Å². The molecule has 0 aliphatic carbocycles. The Kier molecular flexibility index (Phi) is 5.86. The zero-order valence-corrected chi connectivity index (χ0v) is 18.6. The summed E-state index contributed by atoms with van der Waals surface area (Å²) in [6, 6.07) is 21.8. The SMILES string of the molecule is CCN(C1=C(c2ccc(Cl)cc2Cl)C(=O)N(c2ccccc2C)C1=O)c1ccccc1. The molecule has 4 nitrogen and oxygen atoms in total. The van der Waals surface area contributed by atoms with E-state index >= 15 is 0 Å². The van der Waals surface area contributed by atoms with Crippen molar-refractivity contribution in [3.05, 3.63) is 99.7 Å². The topological polar surface area (TPSA) is 40.6 Å². The molecular formula is C25H20Cl2N2O2. The van der Waals surface area contributed by atoms with Gasteiger partial charge in [-0.05, 0) is 49.7 Å². The first-order valence-electron chi connectivity index (χ1n) is 9.90. The highest BCUT2D eigenvalue weighted by Gasteiger charge is 2.43. The second-order valence-electron chi connectivity index (χ2n) is 7.16. The summed E-state index contributed by atoms with van der Waals surface area (Å²) in [5, 5.41) is 0.774. The summed E-state index contributed by atoms with van der Waals surface area (Å²) in [6.45, 7) is 4.31. The van der Waals surface area contributed by atoms with Crippen LogP contribution >= 0.6 is 23.2 Å². The average Bonchev–Trinajstić information content (AvgIpc) is 3.00. The quantitative estimate of drug-likeness (QED) is 0.440. The van der Waals surface area contributed by atoms with Crippen molar-refractivity contribution < 1.29 is 9.59 Å². The van der Waals surface area contributed by atoms with E-state index in [9.17, 15) is 9.59 Å². The van der Waals surface area contributed by atoms with Crippen LogP contribution < -0.4 is 9.80 Å². The van der Waals surface area contributed by atoms with Gasteiger partial charge in [0.2, 0.25) is 0 Å². The lowest BCUT2D eigenvalue weighted by Gasteiger charge is -2.25. The molecule has 0 fully saturated rings. The van der Waals surface area contributed by atoms with Crippen LogP contribution in [-0.4, -0.2) is 18.4 Å². The average molecular weight is 451 g/mol. The molecule has 2 amide bonds. The number of para-hydroxylation sites is 2. The van der Waals surface area contributed by atoms with Crippen LogP contribution in [0.5, 0.6) is 0 Å². The molecule has 0 spiro atoms. The van der Waals surface area contributed by atoms with Crippen LogP contribution in [0.4, 0.5) is 11.4 Å². The van der Waals surface area contributed by atoms with Gasteiger partial charge in [0.25, 0.3) is 11.8 Å². The maximum absolute atomic E-state index is 13.7. The Hall–Kier alpha value is -3.08. The van der Waals surface area contributed by atoms with Crippen molar-refractivity contribution in [2.75, 3.05) is 16.3 Å². The summed E-state index contributed by atoms with van der Waals surface area (Å²) in [7, 11) is 0. The van der Waals surface area contributed by atoms with Gasteiger partial charge in [0.1, 0.15) is 5.70 Å². The van der Waals surface area contributed by atoms with E-state index in [0.717, 1.165) is 11.3 Å². The predicted molar refractivity (Wildman–Crippen MR) is 127 cm³/mol. The number of carbonyl (C=O) groups is 2. The molecule has 1 aliphatic rings. The molecule has 6 heteroatoms. The van der Waals surface area contributed by atoms with Crippen LogP contribution in [-0.2, 0) is 9.59 Å². The maximum atomic E-state index is 13.7. The van der Waals surface area contributed by atoms with Crippen molar-refractivity contribution in [2.45, 2.75) is 13.8 Å². The Labute approximate surface area is 191 Å². The van der Waals surface area contributed by atoms with Crippen molar-refractivity contribution in [2.24, 2.45) is 0 Å². The van der Waals surface area contributed by atoms with Crippen molar-refractivity contribution in [1.29, 1.82) is 0 Å². The molecule has 0 unspecified atom stereocenters. The number of rotatable bonds is 5. The summed E-state index contributed by atoms with van der Waals surface area (Å²) in [6.07, 6.45) is 0. The number of benzene rings is 3. The van der Waals surface area contributed by atoms with Gasteiger partial charge in [-0.25, -0.2) is 4.90 Å². The van der Waals surface area contributed by atoms with Crippen LogP contribution in [0.3, 0.4) is 0 Å². The molecule has 0 aromatic heterocycles. The standard InChI is InChI=1S/C25H20Cl2N2O2/c1-3-28(18-10-5-4-6-11-18)23-22(19-14-13-17(26)15-20(19)27)24(30)29(25(23)31)21-12-8-7-9-16(21)2/h4-15H,3H2,1-2H3. The second kappa shape index (κ2) is 8.58. The van der Waals surface area contributed by atoms with Gasteiger partial charge in [0.05, 0.1) is 16.3 Å². The van der Waals surface area contributed by atoms with Gasteiger partial charge in [-0.2, -0.15) is 0 Å². The van der Waals surface area contributed by atoms with Crippen LogP contribution in [0.25, 0.3) is 5.57 Å². The molecule has 3 aromatic carbocycles. The number of carbonyl (C=O) groups excluding carboxylic acids is 2. The molecule has 1 heterocycles. The summed E-state index contributed by atoms with van der Waals surface area (Å²) in [5.74, 6) is -0.793. The molecule has 0 bridgehead atoms. The fraction of sp³-hybridized carbons (Fsp3) is 0.120. The highest BCUT2D eigenvalue weighted by atomic mass is 35.5. The largest absolute Gasteiger partial charge is 0.337 e. The number of imide groups is 1. The molecule has 0 saturated carbocycles. The summed E-state index contributed by atoms with van der Waals surface area (Å²) in [5.41, 5.74) is 3.24. The Balaban J connectivity index is 1.96. The molecular weight excluding hydrogens is 431 g/mol. The third-order valence-electron chi connectivity index (χ3n) is 5.27. The third kappa shape index (κ3) is 3.73. The fourth-order valence-corrected chi connectivity index (χ4v) is 4.32. The Bertz CT molecular complexity index is 1210. The van der Waals surface area contributed by atoms with Crippen LogP contribution in [0.2, 0.25) is 10.0 Å². The first-order valence-corrected chi connectivity index (χ1v) is 10.7. The van der Waals surface area contributed by atoms with Crippen molar-refractivity contribution >= 4 is 52.0 Å². The molecule has 156 valence electrons. The number of hydrogen-bond acceptors (Lipinski definition) is 3. The first-order chi connectivity index (χ1) is 14.9. The Morgan fingerprint density at radius 3 is 2.19 bits per heavy atom. The molecule has 0 atom stereocenters. The number of likely N-dealkylation sites (N-methyl/N-ethyl adjacent to an activating group) is 1. The molecule has 1 aliphatic heterocycles. The number of nitrogens with zero attached hydrogens (tertiary/aromatic N) is 2. The lowest BCUT2D eigenvalue weighted by atomic mass is 10.0. The lowest BCUT2D eigenvalue weighted by molar-refractivity contribution is -0.120. The number of halogens is 2. The molecule has 0 N–H and O–H groups in total. The minimum atomic E-state index is -0.409. The van der Waals surface area contributed by atoms with Crippen LogP contribution in [0.15, 0.2) is 78.5 Å². The van der Waals surface area contributed by atoms with E-state index in [1.807, 2.05) is 67.3 Å². The fourth-order valence-electron chi connectivity index (χ4n) is 3.81.